The van der Waals surface area contributed by atoms with Gasteiger partial charge in [0.1, 0.15) is 0 Å². The summed E-state index contributed by atoms with van der Waals surface area (Å²) in [6, 6.07) is 7.48. The smallest absolute Gasteiger partial charge is 0.317 e. The first kappa shape index (κ1) is 12.9. The third kappa shape index (κ3) is 3.00. The molecule has 1 aromatic carbocycles. The van der Waals surface area contributed by atoms with Crippen LogP contribution >= 0.6 is 0 Å². The van der Waals surface area contributed by atoms with Gasteiger partial charge >= 0.3 is 6.03 Å². The van der Waals surface area contributed by atoms with Crippen LogP contribution in [0.1, 0.15) is 11.1 Å². The van der Waals surface area contributed by atoms with Gasteiger partial charge in [0, 0.05) is 25.7 Å². The fourth-order valence-electron chi connectivity index (χ4n) is 1.97. The van der Waals surface area contributed by atoms with E-state index in [1.165, 1.54) is 5.56 Å². The summed E-state index contributed by atoms with van der Waals surface area (Å²) in [6.45, 7) is 3.22. The number of hydrogen-bond donors (Lipinski definition) is 3. The summed E-state index contributed by atoms with van der Waals surface area (Å²) < 4.78 is 0. The zero-order valence-electron chi connectivity index (χ0n) is 10.5. The number of hydrogen-bond acceptors (Lipinski definition) is 3. The van der Waals surface area contributed by atoms with Crippen molar-refractivity contribution in [2.45, 2.75) is 25.6 Å². The Labute approximate surface area is 107 Å². The number of β-amino-alcohol motifs (C(OH)–C–C–N with tert-alkyl or cyclic N) is 1. The highest BCUT2D eigenvalue weighted by Gasteiger charge is 2.31. The molecule has 1 saturated heterocycles. The highest BCUT2D eigenvalue weighted by atomic mass is 16.3. The molecule has 0 aliphatic carbocycles. The van der Waals surface area contributed by atoms with Crippen LogP contribution in [0.15, 0.2) is 24.3 Å². The number of benzene rings is 1. The van der Waals surface area contributed by atoms with Crippen molar-refractivity contribution in [3.63, 3.8) is 0 Å². The van der Waals surface area contributed by atoms with Gasteiger partial charge in [0.15, 0.2) is 0 Å². The van der Waals surface area contributed by atoms with E-state index in [0.29, 0.717) is 19.6 Å². The molecule has 0 aromatic heterocycles. The Bertz CT molecular complexity index is 409. The average molecular weight is 249 g/mol. The first-order chi connectivity index (χ1) is 8.56. The van der Waals surface area contributed by atoms with Gasteiger partial charge in [0.2, 0.25) is 0 Å². The van der Waals surface area contributed by atoms with Crippen molar-refractivity contribution < 1.29 is 9.90 Å². The van der Waals surface area contributed by atoms with Crippen molar-refractivity contribution in [2.24, 2.45) is 5.73 Å². The number of aliphatic hydroxyl groups is 1. The standard InChI is InChI=1S/C13H19N3O2/c1-9-2-4-10(5-3-9)6-15-13(18)16-7-11(14)12(17)8-16/h2-5,11-12,17H,6-8,14H2,1H3,(H,15,18)/t11-,12-/m1/s1. The quantitative estimate of drug-likeness (QED) is 0.701. The molecule has 1 fully saturated rings. The van der Waals surface area contributed by atoms with Gasteiger partial charge in [0.05, 0.1) is 6.10 Å². The molecular weight excluding hydrogens is 230 g/mol. The molecule has 0 bridgehead atoms. The Kier molecular flexibility index (Phi) is 3.84. The maximum absolute atomic E-state index is 11.8. The number of nitrogens with two attached hydrogens (primary N) is 1. The van der Waals surface area contributed by atoms with Crippen LogP contribution in [-0.2, 0) is 6.54 Å². The molecular formula is C13H19N3O2. The van der Waals surface area contributed by atoms with Crippen molar-refractivity contribution in [1.82, 2.24) is 10.2 Å². The van der Waals surface area contributed by atoms with Crippen LogP contribution in [0, 0.1) is 6.92 Å². The minimum absolute atomic E-state index is 0.178. The highest BCUT2D eigenvalue weighted by Crippen LogP contribution is 2.08. The second kappa shape index (κ2) is 5.37. The second-order valence-electron chi connectivity index (χ2n) is 4.78. The van der Waals surface area contributed by atoms with Crippen LogP contribution in [0.4, 0.5) is 4.79 Å². The van der Waals surface area contributed by atoms with E-state index < -0.39 is 6.10 Å². The van der Waals surface area contributed by atoms with Gasteiger partial charge in [-0.3, -0.25) is 0 Å². The number of aryl methyl sites for hydroxylation is 1. The normalized spacial score (nSPS) is 23.2. The molecule has 1 aromatic rings. The summed E-state index contributed by atoms with van der Waals surface area (Å²) in [5.41, 5.74) is 7.91. The summed E-state index contributed by atoms with van der Waals surface area (Å²) in [5.74, 6) is 0. The molecule has 0 radical (unpaired) electrons. The molecule has 1 aliphatic heterocycles. The monoisotopic (exact) mass is 249 g/mol. The van der Waals surface area contributed by atoms with E-state index in [0.717, 1.165) is 5.56 Å². The van der Waals surface area contributed by atoms with Gasteiger partial charge in [-0.25, -0.2) is 4.79 Å². The van der Waals surface area contributed by atoms with E-state index in [1.807, 2.05) is 31.2 Å². The number of likely N-dealkylation sites (tertiary alicyclic amines) is 1. The number of aliphatic hydroxyl groups excluding tert-OH is 1. The van der Waals surface area contributed by atoms with Gasteiger partial charge in [-0.15, -0.1) is 0 Å². The lowest BCUT2D eigenvalue weighted by Crippen LogP contribution is -2.39. The Hall–Kier alpha value is -1.59. The fraction of sp³-hybridized carbons (Fsp3) is 0.462. The first-order valence-corrected chi connectivity index (χ1v) is 6.08. The predicted molar refractivity (Wildman–Crippen MR) is 69.0 cm³/mol. The molecule has 0 saturated carbocycles. The van der Waals surface area contributed by atoms with Crippen molar-refractivity contribution in [1.29, 1.82) is 0 Å². The van der Waals surface area contributed by atoms with Crippen LogP contribution < -0.4 is 11.1 Å². The summed E-state index contributed by atoms with van der Waals surface area (Å²) in [5, 5.41) is 12.3. The minimum Gasteiger partial charge on any atom is -0.390 e. The minimum atomic E-state index is -0.616. The Balaban J connectivity index is 1.83. The average Bonchev–Trinajstić information content (AvgIpc) is 2.69. The van der Waals surface area contributed by atoms with Crippen LogP contribution in [0.3, 0.4) is 0 Å². The zero-order valence-corrected chi connectivity index (χ0v) is 10.5. The summed E-state index contributed by atoms with van der Waals surface area (Å²) >= 11 is 0. The van der Waals surface area contributed by atoms with E-state index in [9.17, 15) is 9.90 Å². The van der Waals surface area contributed by atoms with Crippen molar-refractivity contribution in [3.05, 3.63) is 35.4 Å². The molecule has 2 rings (SSSR count). The molecule has 18 heavy (non-hydrogen) atoms. The Morgan fingerprint density at radius 3 is 2.67 bits per heavy atom. The summed E-state index contributed by atoms with van der Waals surface area (Å²) in [7, 11) is 0. The first-order valence-electron chi connectivity index (χ1n) is 6.08. The number of rotatable bonds is 2. The lowest BCUT2D eigenvalue weighted by atomic mass is 10.1. The van der Waals surface area contributed by atoms with Crippen molar-refractivity contribution in [2.75, 3.05) is 13.1 Å². The van der Waals surface area contributed by atoms with Gasteiger partial charge < -0.3 is 21.1 Å². The molecule has 5 nitrogen and oxygen atoms in total. The molecule has 2 atom stereocenters. The molecule has 0 spiro atoms. The Morgan fingerprint density at radius 1 is 1.44 bits per heavy atom. The van der Waals surface area contributed by atoms with Gasteiger partial charge in [-0.1, -0.05) is 29.8 Å². The van der Waals surface area contributed by atoms with E-state index in [4.69, 9.17) is 5.73 Å². The molecule has 4 N–H and O–H groups in total. The second-order valence-corrected chi connectivity index (χ2v) is 4.78. The van der Waals surface area contributed by atoms with Crippen LogP contribution in [0.5, 0.6) is 0 Å². The molecule has 2 amide bonds. The number of amides is 2. The van der Waals surface area contributed by atoms with E-state index in [-0.39, 0.29) is 12.1 Å². The zero-order chi connectivity index (χ0) is 13.1. The molecule has 1 aliphatic rings. The molecule has 98 valence electrons. The van der Waals surface area contributed by atoms with Gasteiger partial charge in [-0.2, -0.15) is 0 Å². The number of nitrogens with one attached hydrogen (secondary N) is 1. The topological polar surface area (TPSA) is 78.6 Å². The van der Waals surface area contributed by atoms with Gasteiger partial charge in [-0.05, 0) is 12.5 Å². The van der Waals surface area contributed by atoms with Gasteiger partial charge in [0.25, 0.3) is 0 Å². The fourth-order valence-corrected chi connectivity index (χ4v) is 1.97. The Morgan fingerprint density at radius 2 is 2.11 bits per heavy atom. The number of nitrogens with zero attached hydrogens (tertiary/aromatic N) is 1. The number of urea groups is 1. The molecule has 0 unspecified atom stereocenters. The summed E-state index contributed by atoms with van der Waals surface area (Å²) in [6.07, 6.45) is -0.616. The van der Waals surface area contributed by atoms with Crippen LogP contribution in [0.2, 0.25) is 0 Å². The van der Waals surface area contributed by atoms with E-state index in [2.05, 4.69) is 5.32 Å². The lowest BCUT2D eigenvalue weighted by molar-refractivity contribution is 0.163. The number of carbonyl (C=O) groups excluding carboxylic acids is 1. The van der Waals surface area contributed by atoms with Crippen molar-refractivity contribution in [3.8, 4) is 0 Å². The summed E-state index contributed by atoms with van der Waals surface area (Å²) in [4.78, 5) is 13.4. The van der Waals surface area contributed by atoms with Crippen LogP contribution in [0.25, 0.3) is 0 Å². The third-order valence-electron chi connectivity index (χ3n) is 3.18. The van der Waals surface area contributed by atoms with E-state index in [1.54, 1.807) is 4.90 Å². The SMILES string of the molecule is Cc1ccc(CNC(=O)N2C[C@@H](N)[C@H](O)C2)cc1. The lowest BCUT2D eigenvalue weighted by Gasteiger charge is -2.16. The van der Waals surface area contributed by atoms with Crippen molar-refractivity contribution >= 4 is 6.03 Å². The largest absolute Gasteiger partial charge is 0.390 e. The maximum Gasteiger partial charge on any atom is 0.317 e. The van der Waals surface area contributed by atoms with E-state index >= 15 is 0 Å². The number of carbonyl (C=O) groups is 1. The molecule has 5 heteroatoms. The highest BCUT2D eigenvalue weighted by molar-refractivity contribution is 5.74. The predicted octanol–water partition coefficient (Wildman–Crippen LogP) is 0.208. The maximum atomic E-state index is 11.8. The third-order valence-corrected chi connectivity index (χ3v) is 3.18. The van der Waals surface area contributed by atoms with Crippen LogP contribution in [-0.4, -0.2) is 41.3 Å². The molecule has 1 heterocycles.